The van der Waals surface area contributed by atoms with E-state index in [0.717, 1.165) is 32.0 Å². The lowest BCUT2D eigenvalue weighted by Gasteiger charge is -2.36. The first kappa shape index (κ1) is 13.1. The zero-order valence-electron chi connectivity index (χ0n) is 10.9. The van der Waals surface area contributed by atoms with E-state index in [1.807, 2.05) is 4.90 Å². The van der Waals surface area contributed by atoms with Crippen LogP contribution in [0.5, 0.6) is 0 Å². The van der Waals surface area contributed by atoms with Gasteiger partial charge in [0.2, 0.25) is 0 Å². The van der Waals surface area contributed by atoms with E-state index in [9.17, 15) is 8.78 Å². The van der Waals surface area contributed by atoms with Gasteiger partial charge in [-0.2, -0.15) is 0 Å². The van der Waals surface area contributed by atoms with E-state index < -0.39 is 11.6 Å². The average Bonchev–Trinajstić information content (AvgIpc) is 2.35. The molecule has 0 amide bonds. The zero-order chi connectivity index (χ0) is 13.3. The molecule has 100 valence electrons. The van der Waals surface area contributed by atoms with Crippen molar-refractivity contribution < 1.29 is 8.78 Å². The predicted molar refractivity (Wildman–Crippen MR) is 70.5 cm³/mol. The normalized spacial score (nSPS) is 17.5. The summed E-state index contributed by atoms with van der Waals surface area (Å²) in [7, 11) is 0. The molecule has 0 atom stereocenters. The van der Waals surface area contributed by atoms with E-state index in [4.69, 9.17) is 5.73 Å². The maximum absolute atomic E-state index is 13.8. The highest BCUT2D eigenvalue weighted by molar-refractivity contribution is 5.68. The van der Waals surface area contributed by atoms with E-state index in [1.54, 1.807) is 0 Å². The molecule has 2 rings (SSSR count). The van der Waals surface area contributed by atoms with E-state index in [-0.39, 0.29) is 5.69 Å². The Kier molecular flexibility index (Phi) is 3.73. The summed E-state index contributed by atoms with van der Waals surface area (Å²) >= 11 is 0. The molecule has 0 bridgehead atoms. The first-order chi connectivity index (χ1) is 8.50. The van der Waals surface area contributed by atoms with Gasteiger partial charge in [-0.25, -0.2) is 8.78 Å². The molecule has 1 aliphatic rings. The standard InChI is InChI=1S/C14H20F2N2/c1-9(2)10-5-7-18(8-6-10)14-12(17)4-3-11(15)13(14)16/h3-4,9-10H,5-8,17H2,1-2H3. The van der Waals surface area contributed by atoms with Crippen LogP contribution in [0.2, 0.25) is 0 Å². The van der Waals surface area contributed by atoms with Crippen LogP contribution < -0.4 is 10.6 Å². The number of rotatable bonds is 2. The van der Waals surface area contributed by atoms with Crippen LogP contribution in [-0.2, 0) is 0 Å². The molecule has 0 radical (unpaired) electrons. The number of nitrogen functional groups attached to an aromatic ring is 1. The highest BCUT2D eigenvalue weighted by atomic mass is 19.2. The molecule has 1 heterocycles. The van der Waals surface area contributed by atoms with Gasteiger partial charge in [-0.1, -0.05) is 13.8 Å². The molecular weight excluding hydrogens is 234 g/mol. The summed E-state index contributed by atoms with van der Waals surface area (Å²) in [5.74, 6) is -0.343. The van der Waals surface area contributed by atoms with Crippen LogP contribution in [0.15, 0.2) is 12.1 Å². The second kappa shape index (κ2) is 5.12. The van der Waals surface area contributed by atoms with Gasteiger partial charge in [0, 0.05) is 13.1 Å². The highest BCUT2D eigenvalue weighted by Gasteiger charge is 2.25. The third kappa shape index (κ3) is 2.42. The van der Waals surface area contributed by atoms with Crippen molar-refractivity contribution in [3.8, 4) is 0 Å². The molecule has 1 aliphatic heterocycles. The molecule has 1 aromatic rings. The number of nitrogens with zero attached hydrogens (tertiary/aromatic N) is 1. The topological polar surface area (TPSA) is 29.3 Å². The average molecular weight is 254 g/mol. The minimum absolute atomic E-state index is 0.234. The molecule has 1 saturated heterocycles. The van der Waals surface area contributed by atoms with Crippen molar-refractivity contribution in [3.05, 3.63) is 23.8 Å². The molecule has 0 spiro atoms. The number of halogens is 2. The van der Waals surface area contributed by atoms with Crippen molar-refractivity contribution >= 4 is 11.4 Å². The Bertz CT molecular complexity index is 424. The molecule has 2 N–H and O–H groups in total. The van der Waals surface area contributed by atoms with Crippen LogP contribution in [0.3, 0.4) is 0 Å². The fourth-order valence-corrected chi connectivity index (χ4v) is 2.67. The Balaban J connectivity index is 2.17. The number of hydrogen-bond donors (Lipinski definition) is 1. The first-order valence-corrected chi connectivity index (χ1v) is 6.49. The molecule has 2 nitrogen and oxygen atoms in total. The highest BCUT2D eigenvalue weighted by Crippen LogP contribution is 2.33. The van der Waals surface area contributed by atoms with E-state index in [1.165, 1.54) is 6.07 Å². The van der Waals surface area contributed by atoms with Gasteiger partial charge in [0.25, 0.3) is 0 Å². The predicted octanol–water partition coefficient (Wildman–Crippen LogP) is 3.42. The largest absolute Gasteiger partial charge is 0.397 e. The summed E-state index contributed by atoms with van der Waals surface area (Å²) in [6, 6.07) is 2.51. The second-order valence-electron chi connectivity index (χ2n) is 5.37. The molecule has 1 aromatic carbocycles. The van der Waals surface area contributed by atoms with E-state index >= 15 is 0 Å². The number of hydrogen-bond acceptors (Lipinski definition) is 2. The van der Waals surface area contributed by atoms with Crippen molar-refractivity contribution in [1.29, 1.82) is 0 Å². The molecule has 0 unspecified atom stereocenters. The van der Waals surface area contributed by atoms with E-state index in [2.05, 4.69) is 13.8 Å². The third-order valence-electron chi connectivity index (χ3n) is 3.90. The second-order valence-corrected chi connectivity index (χ2v) is 5.37. The van der Waals surface area contributed by atoms with Crippen LogP contribution in [-0.4, -0.2) is 13.1 Å². The molecule has 0 aliphatic carbocycles. The molecule has 18 heavy (non-hydrogen) atoms. The minimum Gasteiger partial charge on any atom is -0.397 e. The Hall–Kier alpha value is -1.32. The molecule has 0 saturated carbocycles. The van der Waals surface area contributed by atoms with Crippen molar-refractivity contribution in [3.63, 3.8) is 0 Å². The van der Waals surface area contributed by atoms with Gasteiger partial charge in [0.1, 0.15) is 0 Å². The Labute approximate surface area is 107 Å². The lowest BCUT2D eigenvalue weighted by atomic mass is 9.86. The lowest BCUT2D eigenvalue weighted by Crippen LogP contribution is -2.36. The number of nitrogens with two attached hydrogens (primary N) is 1. The quantitative estimate of drug-likeness (QED) is 0.819. The van der Waals surface area contributed by atoms with Crippen molar-refractivity contribution in [2.45, 2.75) is 26.7 Å². The molecular formula is C14H20F2N2. The SMILES string of the molecule is CC(C)C1CCN(c2c(N)ccc(F)c2F)CC1. The zero-order valence-corrected chi connectivity index (χ0v) is 10.9. The summed E-state index contributed by atoms with van der Waals surface area (Å²) in [5, 5.41) is 0. The van der Waals surface area contributed by atoms with Gasteiger partial charge in [-0.05, 0) is 36.8 Å². The minimum atomic E-state index is -0.829. The number of benzene rings is 1. The summed E-state index contributed by atoms with van der Waals surface area (Å²) in [6.45, 7) is 5.90. The van der Waals surface area contributed by atoms with Crippen LogP contribution in [0.4, 0.5) is 20.2 Å². The fourth-order valence-electron chi connectivity index (χ4n) is 2.67. The Morgan fingerprint density at radius 3 is 2.39 bits per heavy atom. The maximum atomic E-state index is 13.8. The lowest BCUT2D eigenvalue weighted by molar-refractivity contribution is 0.310. The van der Waals surface area contributed by atoms with Gasteiger partial charge in [-0.15, -0.1) is 0 Å². The van der Waals surface area contributed by atoms with Gasteiger partial charge in [-0.3, -0.25) is 0 Å². The molecule has 0 aromatic heterocycles. The number of piperidine rings is 1. The summed E-state index contributed by atoms with van der Waals surface area (Å²) < 4.78 is 27.1. The van der Waals surface area contributed by atoms with Gasteiger partial charge < -0.3 is 10.6 Å². The van der Waals surface area contributed by atoms with Gasteiger partial charge >= 0.3 is 0 Å². The summed E-state index contributed by atoms with van der Waals surface area (Å²) in [5.41, 5.74) is 6.32. The van der Waals surface area contributed by atoms with Crippen LogP contribution in [0, 0.1) is 23.5 Å². The van der Waals surface area contributed by atoms with Crippen LogP contribution in [0.1, 0.15) is 26.7 Å². The fraction of sp³-hybridized carbons (Fsp3) is 0.571. The van der Waals surface area contributed by atoms with E-state index in [0.29, 0.717) is 17.5 Å². The van der Waals surface area contributed by atoms with Gasteiger partial charge in [0.05, 0.1) is 11.4 Å². The third-order valence-corrected chi connectivity index (χ3v) is 3.90. The van der Waals surface area contributed by atoms with Crippen molar-refractivity contribution in [2.24, 2.45) is 11.8 Å². The Morgan fingerprint density at radius 1 is 1.22 bits per heavy atom. The molecule has 4 heteroatoms. The van der Waals surface area contributed by atoms with Crippen LogP contribution >= 0.6 is 0 Å². The summed E-state index contributed by atoms with van der Waals surface area (Å²) in [4.78, 5) is 1.87. The molecule has 1 fully saturated rings. The Morgan fingerprint density at radius 2 is 1.83 bits per heavy atom. The first-order valence-electron chi connectivity index (χ1n) is 6.49. The number of anilines is 2. The van der Waals surface area contributed by atoms with Crippen molar-refractivity contribution in [2.75, 3.05) is 23.7 Å². The maximum Gasteiger partial charge on any atom is 0.184 e. The van der Waals surface area contributed by atoms with Crippen LogP contribution in [0.25, 0.3) is 0 Å². The van der Waals surface area contributed by atoms with Gasteiger partial charge in [0.15, 0.2) is 11.6 Å². The van der Waals surface area contributed by atoms with Crippen molar-refractivity contribution in [1.82, 2.24) is 0 Å². The smallest absolute Gasteiger partial charge is 0.184 e. The summed E-state index contributed by atoms with van der Waals surface area (Å²) in [6.07, 6.45) is 2.01. The monoisotopic (exact) mass is 254 g/mol.